The summed E-state index contributed by atoms with van der Waals surface area (Å²) in [6, 6.07) is 42.0. The van der Waals surface area contributed by atoms with Crippen LogP contribution in [0.25, 0.3) is 26.7 Å². The lowest BCUT2D eigenvalue weighted by Gasteiger charge is -2.21. The first-order valence-corrected chi connectivity index (χ1v) is 17.0. The van der Waals surface area contributed by atoms with Gasteiger partial charge < -0.3 is 0 Å². The van der Waals surface area contributed by atoms with E-state index >= 15 is 0 Å². The normalized spacial score (nSPS) is 11.7. The number of hydrogen-bond donors (Lipinski definition) is 0. The van der Waals surface area contributed by atoms with Crippen molar-refractivity contribution in [1.82, 2.24) is 14.7 Å². The SMILES string of the molecule is CS(=O)(=O)c1cccc(-c2ccc(-c3cc(CN(Cc4ccccc4)Cc4ccccc4)nn3-c3ccccc3Cl)s2)c1. The summed E-state index contributed by atoms with van der Waals surface area (Å²) < 4.78 is 26.3. The molecule has 0 radical (unpaired) electrons. The van der Waals surface area contributed by atoms with Gasteiger partial charge >= 0.3 is 0 Å². The molecule has 2 aromatic heterocycles. The Hall–Kier alpha value is -4.01. The Labute approximate surface area is 261 Å². The zero-order valence-corrected chi connectivity index (χ0v) is 26.0. The lowest BCUT2D eigenvalue weighted by atomic mass is 10.1. The van der Waals surface area contributed by atoms with Crippen molar-refractivity contribution in [1.29, 1.82) is 0 Å². The van der Waals surface area contributed by atoms with E-state index in [4.69, 9.17) is 16.7 Å². The summed E-state index contributed by atoms with van der Waals surface area (Å²) in [7, 11) is -3.31. The van der Waals surface area contributed by atoms with E-state index < -0.39 is 9.84 Å². The number of benzene rings is 4. The van der Waals surface area contributed by atoms with Gasteiger partial charge in [-0.05, 0) is 59.2 Å². The molecule has 0 N–H and O–H groups in total. The predicted molar refractivity (Wildman–Crippen MR) is 176 cm³/mol. The minimum absolute atomic E-state index is 0.306. The van der Waals surface area contributed by atoms with Crippen molar-refractivity contribution in [2.75, 3.05) is 6.26 Å². The molecule has 0 amide bonds. The van der Waals surface area contributed by atoms with Gasteiger partial charge in [0.2, 0.25) is 0 Å². The Balaban J connectivity index is 1.38. The van der Waals surface area contributed by atoms with Crippen LogP contribution in [0.3, 0.4) is 0 Å². The quantitative estimate of drug-likeness (QED) is 0.153. The van der Waals surface area contributed by atoms with E-state index in [1.165, 1.54) is 17.4 Å². The van der Waals surface area contributed by atoms with Crippen molar-refractivity contribution in [2.24, 2.45) is 0 Å². The van der Waals surface area contributed by atoms with Crippen LogP contribution >= 0.6 is 22.9 Å². The molecule has 0 atom stereocenters. The Morgan fingerprint density at radius 2 is 1.35 bits per heavy atom. The summed E-state index contributed by atoms with van der Waals surface area (Å²) in [6.07, 6.45) is 1.23. The molecule has 0 aliphatic rings. The number of thiophene rings is 1. The number of nitrogens with zero attached hydrogens (tertiary/aromatic N) is 3. The van der Waals surface area contributed by atoms with Crippen molar-refractivity contribution in [3.05, 3.63) is 149 Å². The van der Waals surface area contributed by atoms with Gasteiger partial charge in [-0.1, -0.05) is 96.5 Å². The Kier molecular flexibility index (Phi) is 8.58. The number of halogens is 1. The minimum atomic E-state index is -3.31. The predicted octanol–water partition coefficient (Wildman–Crippen LogP) is 8.53. The summed E-state index contributed by atoms with van der Waals surface area (Å²) in [5.41, 5.74) is 6.00. The average molecular weight is 624 g/mol. The third-order valence-electron chi connectivity index (χ3n) is 7.13. The van der Waals surface area contributed by atoms with Crippen LogP contribution in [0.4, 0.5) is 0 Å². The van der Waals surface area contributed by atoms with Gasteiger partial charge in [-0.25, -0.2) is 13.1 Å². The fourth-order valence-electron chi connectivity index (χ4n) is 5.08. The fraction of sp³-hybridized carbons (Fsp3) is 0.114. The summed E-state index contributed by atoms with van der Waals surface area (Å²) in [5.74, 6) is 0. The first-order valence-electron chi connectivity index (χ1n) is 13.9. The Morgan fingerprint density at radius 3 is 2.00 bits per heavy atom. The number of para-hydroxylation sites is 1. The number of aromatic nitrogens is 2. The van der Waals surface area contributed by atoms with E-state index in [0.717, 1.165) is 45.5 Å². The van der Waals surface area contributed by atoms with Crippen molar-refractivity contribution in [3.63, 3.8) is 0 Å². The fourth-order valence-corrected chi connectivity index (χ4v) is 6.97. The largest absolute Gasteiger partial charge is 0.289 e. The van der Waals surface area contributed by atoms with E-state index in [-0.39, 0.29) is 0 Å². The van der Waals surface area contributed by atoms with Crippen LogP contribution in [-0.4, -0.2) is 29.4 Å². The molecule has 0 unspecified atom stereocenters. The second-order valence-electron chi connectivity index (χ2n) is 10.5. The lowest BCUT2D eigenvalue weighted by Crippen LogP contribution is -2.22. The van der Waals surface area contributed by atoms with Crippen molar-refractivity contribution >= 4 is 32.8 Å². The molecule has 2 heterocycles. The van der Waals surface area contributed by atoms with Crippen LogP contribution < -0.4 is 0 Å². The van der Waals surface area contributed by atoms with E-state index in [9.17, 15) is 8.42 Å². The van der Waals surface area contributed by atoms with Gasteiger partial charge in [-0.3, -0.25) is 4.90 Å². The molecule has 0 saturated heterocycles. The molecule has 4 aromatic carbocycles. The number of sulfone groups is 1. The van der Waals surface area contributed by atoms with Gasteiger partial charge in [0.25, 0.3) is 0 Å². The summed E-state index contributed by atoms with van der Waals surface area (Å²) in [5, 5.41) is 5.70. The second kappa shape index (κ2) is 12.7. The van der Waals surface area contributed by atoms with E-state index in [2.05, 4.69) is 65.6 Å². The van der Waals surface area contributed by atoms with Gasteiger partial charge in [-0.2, -0.15) is 5.10 Å². The summed E-state index contributed by atoms with van der Waals surface area (Å²) >= 11 is 8.28. The third kappa shape index (κ3) is 6.98. The monoisotopic (exact) mass is 623 g/mol. The van der Waals surface area contributed by atoms with Crippen LogP contribution in [0, 0.1) is 0 Å². The summed E-state index contributed by atoms with van der Waals surface area (Å²) in [6.45, 7) is 2.20. The van der Waals surface area contributed by atoms with Crippen LogP contribution in [-0.2, 0) is 29.5 Å². The van der Waals surface area contributed by atoms with Gasteiger partial charge in [0.1, 0.15) is 0 Å². The molecule has 0 aliphatic heterocycles. The molecule has 216 valence electrons. The molecular weight excluding hydrogens is 594 g/mol. The van der Waals surface area contributed by atoms with Crippen molar-refractivity contribution in [3.8, 4) is 26.7 Å². The van der Waals surface area contributed by atoms with Crippen molar-refractivity contribution < 1.29 is 8.42 Å². The smallest absolute Gasteiger partial charge is 0.175 e. The molecule has 0 aliphatic carbocycles. The molecule has 6 rings (SSSR count). The van der Waals surface area contributed by atoms with Crippen LogP contribution in [0.15, 0.2) is 132 Å². The zero-order valence-electron chi connectivity index (χ0n) is 23.6. The van der Waals surface area contributed by atoms with Gasteiger partial charge in [-0.15, -0.1) is 11.3 Å². The van der Waals surface area contributed by atoms with Crippen LogP contribution in [0.2, 0.25) is 5.02 Å². The third-order valence-corrected chi connectivity index (χ3v) is 9.72. The first kappa shape index (κ1) is 29.1. The molecular formula is C35H30ClN3O2S2. The zero-order chi connectivity index (χ0) is 29.8. The Bertz CT molecular complexity index is 1910. The Morgan fingerprint density at radius 1 is 0.721 bits per heavy atom. The highest BCUT2D eigenvalue weighted by Crippen LogP contribution is 2.37. The van der Waals surface area contributed by atoms with Crippen LogP contribution in [0.1, 0.15) is 16.8 Å². The molecule has 5 nitrogen and oxygen atoms in total. The van der Waals surface area contributed by atoms with Gasteiger partial charge in [0, 0.05) is 30.8 Å². The molecule has 0 fully saturated rings. The number of hydrogen-bond acceptors (Lipinski definition) is 5. The molecule has 0 saturated carbocycles. The molecule has 0 bridgehead atoms. The number of rotatable bonds is 10. The maximum Gasteiger partial charge on any atom is 0.175 e. The molecule has 8 heteroatoms. The molecule has 6 aromatic rings. The van der Waals surface area contributed by atoms with Crippen LogP contribution in [0.5, 0.6) is 0 Å². The van der Waals surface area contributed by atoms with Crippen molar-refractivity contribution in [2.45, 2.75) is 24.5 Å². The highest BCUT2D eigenvalue weighted by molar-refractivity contribution is 7.90. The van der Waals surface area contributed by atoms with Gasteiger partial charge in [0.15, 0.2) is 9.84 Å². The van der Waals surface area contributed by atoms with E-state index in [1.807, 2.05) is 53.2 Å². The summed E-state index contributed by atoms with van der Waals surface area (Å²) in [4.78, 5) is 4.68. The first-order chi connectivity index (χ1) is 20.8. The van der Waals surface area contributed by atoms with E-state index in [1.54, 1.807) is 29.5 Å². The van der Waals surface area contributed by atoms with E-state index in [0.29, 0.717) is 16.5 Å². The standard InChI is InChI=1S/C35H30ClN3O2S2/c1-43(40,41)30-16-10-15-28(21-30)34-19-20-35(42-34)33-22-29(37-39(33)32-18-9-8-17-31(32)36)25-38(23-26-11-4-2-5-12-26)24-27-13-6-3-7-14-27/h2-22H,23-25H2,1H3. The highest BCUT2D eigenvalue weighted by atomic mass is 35.5. The van der Waals surface area contributed by atoms with Gasteiger partial charge in [0.05, 0.1) is 31.9 Å². The topological polar surface area (TPSA) is 55.2 Å². The maximum absolute atomic E-state index is 12.2. The lowest BCUT2D eigenvalue weighted by molar-refractivity contribution is 0.244. The minimum Gasteiger partial charge on any atom is -0.289 e. The second-order valence-corrected chi connectivity index (χ2v) is 14.0. The molecule has 0 spiro atoms. The average Bonchev–Trinajstić information content (AvgIpc) is 3.66. The highest BCUT2D eigenvalue weighted by Gasteiger charge is 2.19. The molecule has 43 heavy (non-hydrogen) atoms. The maximum atomic E-state index is 12.2.